The number of carbonyl (C=O) groups is 1. The molecule has 2 aliphatic rings. The van der Waals surface area contributed by atoms with E-state index in [-0.39, 0.29) is 30.0 Å². The second kappa shape index (κ2) is 8.00. The normalized spacial score (nSPS) is 22.6. The summed E-state index contributed by atoms with van der Waals surface area (Å²) >= 11 is 0. The van der Waals surface area contributed by atoms with Crippen LogP contribution in [0.1, 0.15) is 65.4 Å². The number of fused-ring (bicyclic) bond motifs is 1. The molecule has 7 heteroatoms. The van der Waals surface area contributed by atoms with Gasteiger partial charge in [0, 0.05) is 18.7 Å². The number of amides is 1. The topological polar surface area (TPSA) is 90.6 Å². The summed E-state index contributed by atoms with van der Waals surface area (Å²) < 4.78 is 11.6. The van der Waals surface area contributed by atoms with Gasteiger partial charge in [0.05, 0.1) is 18.1 Å². The third kappa shape index (κ3) is 4.69. The van der Waals surface area contributed by atoms with Crippen LogP contribution in [-0.4, -0.2) is 40.7 Å². The zero-order valence-electron chi connectivity index (χ0n) is 17.0. The first kappa shape index (κ1) is 19.9. The van der Waals surface area contributed by atoms with Crippen LogP contribution in [-0.2, 0) is 16.0 Å². The highest BCUT2D eigenvalue weighted by Gasteiger charge is 2.34. The van der Waals surface area contributed by atoms with Gasteiger partial charge in [-0.3, -0.25) is 9.69 Å². The van der Waals surface area contributed by atoms with E-state index in [2.05, 4.69) is 30.7 Å². The largest absolute Gasteiger partial charge is 0.460 e. The molecule has 2 N–H and O–H groups in total. The molecule has 1 aromatic heterocycles. The lowest BCUT2D eigenvalue weighted by Crippen LogP contribution is -2.36. The number of nitrogens with two attached hydrogens (primary N) is 1. The molecule has 0 radical (unpaired) electrons. The van der Waals surface area contributed by atoms with E-state index in [1.807, 2.05) is 6.92 Å². The summed E-state index contributed by atoms with van der Waals surface area (Å²) in [7, 11) is 0. The minimum Gasteiger partial charge on any atom is -0.460 e. The molecule has 1 unspecified atom stereocenters. The van der Waals surface area contributed by atoms with Gasteiger partial charge in [0.2, 0.25) is 5.91 Å². The first-order valence-corrected chi connectivity index (χ1v) is 10.1. The molecule has 1 fully saturated rings. The van der Waals surface area contributed by atoms with E-state index in [9.17, 15) is 4.79 Å². The van der Waals surface area contributed by atoms with Gasteiger partial charge in [-0.15, -0.1) is 0 Å². The highest BCUT2D eigenvalue weighted by Crippen LogP contribution is 2.35. The Labute approximate surface area is 161 Å². The van der Waals surface area contributed by atoms with Gasteiger partial charge >= 0.3 is 6.01 Å². The van der Waals surface area contributed by atoms with Gasteiger partial charge in [0.25, 0.3) is 0 Å². The Kier molecular flexibility index (Phi) is 5.89. The number of carbonyl (C=O) groups excluding carboxylic acids is 1. The van der Waals surface area contributed by atoms with Crippen molar-refractivity contribution >= 4 is 17.5 Å². The molecule has 1 saturated heterocycles. The van der Waals surface area contributed by atoms with Crippen molar-refractivity contribution < 1.29 is 14.3 Å². The fourth-order valence-corrected chi connectivity index (χ4v) is 4.07. The van der Waals surface area contributed by atoms with Crippen molar-refractivity contribution in [3.63, 3.8) is 0 Å². The van der Waals surface area contributed by atoms with Gasteiger partial charge in [-0.05, 0) is 52.4 Å². The van der Waals surface area contributed by atoms with Crippen molar-refractivity contribution in [2.24, 2.45) is 5.92 Å². The lowest BCUT2D eigenvalue weighted by Gasteiger charge is -2.36. The summed E-state index contributed by atoms with van der Waals surface area (Å²) in [5.74, 6) is 1.56. The summed E-state index contributed by atoms with van der Waals surface area (Å²) in [6.07, 6.45) is 5.21. The first-order valence-electron chi connectivity index (χ1n) is 10.1. The summed E-state index contributed by atoms with van der Waals surface area (Å²) in [6, 6.07) is 0.263. The Morgan fingerprint density at radius 3 is 2.89 bits per heavy atom. The standard InChI is InChI=1S/C20H32N4O3/c1-5-6-13(2)27-19-22-17(21)15-11-16(25)24(18(15)23-19)9-7-14-8-10-26-20(3,4)12-14/h13-14H,5-12H2,1-4H3,(H2,21,22,23)/t13-,14?/m1/s1. The minimum absolute atomic E-state index is 0.0162. The zero-order valence-corrected chi connectivity index (χ0v) is 17.0. The Morgan fingerprint density at radius 1 is 1.41 bits per heavy atom. The van der Waals surface area contributed by atoms with E-state index in [1.54, 1.807) is 4.90 Å². The number of hydrogen-bond acceptors (Lipinski definition) is 6. The van der Waals surface area contributed by atoms with E-state index in [4.69, 9.17) is 15.2 Å². The molecule has 3 heterocycles. The third-order valence-corrected chi connectivity index (χ3v) is 5.44. The van der Waals surface area contributed by atoms with Crippen molar-refractivity contribution in [2.75, 3.05) is 23.8 Å². The van der Waals surface area contributed by atoms with E-state index >= 15 is 0 Å². The smallest absolute Gasteiger partial charge is 0.320 e. The van der Waals surface area contributed by atoms with Gasteiger partial charge in [-0.25, -0.2) is 0 Å². The van der Waals surface area contributed by atoms with Gasteiger partial charge in [-0.2, -0.15) is 9.97 Å². The van der Waals surface area contributed by atoms with Crippen molar-refractivity contribution in [1.82, 2.24) is 9.97 Å². The molecule has 0 saturated carbocycles. The lowest BCUT2D eigenvalue weighted by molar-refractivity contribution is -0.117. The van der Waals surface area contributed by atoms with Gasteiger partial charge in [-0.1, -0.05) is 13.3 Å². The molecule has 2 atom stereocenters. The summed E-state index contributed by atoms with van der Waals surface area (Å²) in [6.45, 7) is 9.79. The summed E-state index contributed by atoms with van der Waals surface area (Å²) in [5.41, 5.74) is 6.74. The second-order valence-corrected chi connectivity index (χ2v) is 8.39. The van der Waals surface area contributed by atoms with Crippen molar-refractivity contribution in [2.45, 2.75) is 77.9 Å². The van der Waals surface area contributed by atoms with Gasteiger partial charge in [0.1, 0.15) is 11.6 Å². The number of nitrogen functional groups attached to an aromatic ring is 1. The molecular weight excluding hydrogens is 344 g/mol. The Morgan fingerprint density at radius 2 is 2.19 bits per heavy atom. The van der Waals surface area contributed by atoms with Crippen LogP contribution in [0.3, 0.4) is 0 Å². The van der Waals surface area contributed by atoms with Crippen molar-refractivity contribution in [3.8, 4) is 6.01 Å². The van der Waals surface area contributed by atoms with Crippen molar-refractivity contribution in [1.29, 1.82) is 0 Å². The summed E-state index contributed by atoms with van der Waals surface area (Å²) in [4.78, 5) is 23.1. The first-order chi connectivity index (χ1) is 12.8. The maximum absolute atomic E-state index is 12.6. The highest BCUT2D eigenvalue weighted by molar-refractivity contribution is 6.01. The Bertz CT molecular complexity index is 692. The lowest BCUT2D eigenvalue weighted by atomic mass is 9.86. The molecule has 7 nitrogen and oxygen atoms in total. The van der Waals surface area contributed by atoms with Crippen molar-refractivity contribution in [3.05, 3.63) is 5.56 Å². The number of aromatic nitrogens is 2. The highest BCUT2D eigenvalue weighted by atomic mass is 16.5. The molecule has 0 spiro atoms. The molecule has 0 aliphatic carbocycles. The third-order valence-electron chi connectivity index (χ3n) is 5.44. The maximum atomic E-state index is 12.6. The monoisotopic (exact) mass is 376 g/mol. The van der Waals surface area contributed by atoms with E-state index in [0.29, 0.717) is 24.1 Å². The molecule has 1 amide bonds. The fraction of sp³-hybridized carbons (Fsp3) is 0.750. The quantitative estimate of drug-likeness (QED) is 0.786. The second-order valence-electron chi connectivity index (χ2n) is 8.39. The van der Waals surface area contributed by atoms with Crippen LogP contribution in [0.25, 0.3) is 0 Å². The van der Waals surface area contributed by atoms with Crippen LogP contribution in [0, 0.1) is 5.92 Å². The number of rotatable bonds is 7. The summed E-state index contributed by atoms with van der Waals surface area (Å²) in [5, 5.41) is 0. The maximum Gasteiger partial charge on any atom is 0.320 e. The number of ether oxygens (including phenoxy) is 2. The minimum atomic E-state index is -0.0845. The van der Waals surface area contributed by atoms with Gasteiger partial charge < -0.3 is 15.2 Å². The SMILES string of the molecule is CCC[C@@H](C)Oc1nc(N)c2c(n1)N(CCC1CCOC(C)(C)C1)C(=O)C2. The number of anilines is 2. The predicted molar refractivity (Wildman–Crippen MR) is 105 cm³/mol. The van der Waals surface area contributed by atoms with Gasteiger partial charge in [0.15, 0.2) is 0 Å². The molecule has 3 rings (SSSR count). The van der Waals surface area contributed by atoms with E-state index in [1.165, 1.54) is 0 Å². The number of hydrogen-bond donors (Lipinski definition) is 1. The van der Waals surface area contributed by atoms with Crippen LogP contribution in [0.15, 0.2) is 0 Å². The average molecular weight is 377 g/mol. The Hall–Kier alpha value is -1.89. The van der Waals surface area contributed by atoms with Crippen LogP contribution >= 0.6 is 0 Å². The Balaban J connectivity index is 1.71. The van der Waals surface area contributed by atoms with E-state index in [0.717, 1.165) is 44.3 Å². The molecule has 0 bridgehead atoms. The molecule has 27 heavy (non-hydrogen) atoms. The average Bonchev–Trinajstić information content (AvgIpc) is 2.88. The predicted octanol–water partition coefficient (Wildman–Crippen LogP) is 3.11. The molecule has 150 valence electrons. The fourth-order valence-electron chi connectivity index (χ4n) is 4.07. The molecule has 2 aliphatic heterocycles. The van der Waals surface area contributed by atoms with Crippen LogP contribution < -0.4 is 15.4 Å². The molecular formula is C20H32N4O3. The van der Waals surface area contributed by atoms with E-state index < -0.39 is 0 Å². The zero-order chi connectivity index (χ0) is 19.6. The van der Waals surface area contributed by atoms with Crippen LogP contribution in [0.4, 0.5) is 11.6 Å². The molecule has 1 aromatic rings. The van der Waals surface area contributed by atoms with Crippen LogP contribution in [0.2, 0.25) is 0 Å². The molecule has 0 aromatic carbocycles. The number of nitrogens with zero attached hydrogens (tertiary/aromatic N) is 3. The van der Waals surface area contributed by atoms with Crippen LogP contribution in [0.5, 0.6) is 6.01 Å².